The van der Waals surface area contributed by atoms with E-state index in [9.17, 15) is 4.79 Å². The number of pyridine rings is 1. The van der Waals surface area contributed by atoms with Gasteiger partial charge in [-0.2, -0.15) is 0 Å². The minimum Gasteiger partial charge on any atom is -0.328 e. The molecule has 0 amide bonds. The molecule has 88 valence electrons. The summed E-state index contributed by atoms with van der Waals surface area (Å²) < 4.78 is 0. The van der Waals surface area contributed by atoms with Crippen molar-refractivity contribution in [3.8, 4) is 0 Å². The number of nitrogens with one attached hydrogen (secondary N) is 2. The zero-order valence-electron chi connectivity index (χ0n) is 9.92. The standard InChI is InChI=1S/C14H16N2O/c1-9-2-3-11-12(6-9)14(17)16-8-13(11)10-4-5-15-7-10/h2-3,6,8,10,15H,4-5,7H2,1H3,(H,16,17). The van der Waals surface area contributed by atoms with Crippen LogP contribution in [0.5, 0.6) is 0 Å². The van der Waals surface area contributed by atoms with Crippen LogP contribution in [0.15, 0.2) is 29.2 Å². The smallest absolute Gasteiger partial charge is 0.255 e. The average molecular weight is 228 g/mol. The molecule has 0 bridgehead atoms. The van der Waals surface area contributed by atoms with Crippen molar-refractivity contribution in [2.75, 3.05) is 13.1 Å². The monoisotopic (exact) mass is 228 g/mol. The zero-order valence-corrected chi connectivity index (χ0v) is 9.92. The Morgan fingerprint density at radius 1 is 1.29 bits per heavy atom. The summed E-state index contributed by atoms with van der Waals surface area (Å²) in [7, 11) is 0. The van der Waals surface area contributed by atoms with E-state index >= 15 is 0 Å². The molecule has 0 spiro atoms. The van der Waals surface area contributed by atoms with E-state index in [1.165, 1.54) is 5.56 Å². The molecule has 3 nitrogen and oxygen atoms in total. The third kappa shape index (κ3) is 1.76. The third-order valence-corrected chi connectivity index (χ3v) is 3.59. The summed E-state index contributed by atoms with van der Waals surface area (Å²) in [5.74, 6) is 0.525. The predicted octanol–water partition coefficient (Wildman–Crippen LogP) is 1.91. The number of aromatic amines is 1. The summed E-state index contributed by atoms with van der Waals surface area (Å²) in [6.45, 7) is 4.09. The van der Waals surface area contributed by atoms with Crippen LogP contribution in [0.25, 0.3) is 10.8 Å². The van der Waals surface area contributed by atoms with Gasteiger partial charge in [-0.3, -0.25) is 4.79 Å². The highest BCUT2D eigenvalue weighted by molar-refractivity contribution is 5.85. The summed E-state index contributed by atoms with van der Waals surface area (Å²) in [6, 6.07) is 6.13. The molecule has 1 atom stereocenters. The van der Waals surface area contributed by atoms with Crippen molar-refractivity contribution in [1.29, 1.82) is 0 Å². The predicted molar refractivity (Wildman–Crippen MR) is 69.5 cm³/mol. The maximum atomic E-state index is 11.8. The highest BCUT2D eigenvalue weighted by Gasteiger charge is 2.19. The van der Waals surface area contributed by atoms with Crippen LogP contribution in [-0.4, -0.2) is 18.1 Å². The fraction of sp³-hybridized carbons (Fsp3) is 0.357. The molecule has 0 radical (unpaired) electrons. The fourth-order valence-corrected chi connectivity index (χ4v) is 2.65. The lowest BCUT2D eigenvalue weighted by Crippen LogP contribution is -2.12. The van der Waals surface area contributed by atoms with Crippen LogP contribution in [-0.2, 0) is 0 Å². The molecule has 1 aromatic heterocycles. The van der Waals surface area contributed by atoms with Crippen molar-refractivity contribution in [2.45, 2.75) is 19.3 Å². The Morgan fingerprint density at radius 2 is 2.18 bits per heavy atom. The first kappa shape index (κ1) is 10.5. The average Bonchev–Trinajstić information content (AvgIpc) is 2.84. The maximum absolute atomic E-state index is 11.8. The molecule has 3 rings (SSSR count). The lowest BCUT2D eigenvalue weighted by atomic mass is 9.94. The summed E-state index contributed by atoms with van der Waals surface area (Å²) >= 11 is 0. The van der Waals surface area contributed by atoms with Crippen molar-refractivity contribution in [3.05, 3.63) is 45.9 Å². The number of aromatic nitrogens is 1. The van der Waals surface area contributed by atoms with E-state index in [-0.39, 0.29) is 5.56 Å². The molecule has 1 aliphatic rings. The van der Waals surface area contributed by atoms with E-state index < -0.39 is 0 Å². The molecular formula is C14H16N2O. The molecule has 2 aromatic rings. The molecule has 1 saturated heterocycles. The molecule has 3 heteroatoms. The van der Waals surface area contributed by atoms with Crippen molar-refractivity contribution < 1.29 is 0 Å². The third-order valence-electron chi connectivity index (χ3n) is 3.59. The van der Waals surface area contributed by atoms with Crippen molar-refractivity contribution in [3.63, 3.8) is 0 Å². The van der Waals surface area contributed by atoms with E-state index in [2.05, 4.69) is 22.4 Å². The number of benzene rings is 1. The van der Waals surface area contributed by atoms with Crippen LogP contribution in [0, 0.1) is 6.92 Å². The quantitative estimate of drug-likeness (QED) is 0.783. The number of hydrogen-bond acceptors (Lipinski definition) is 2. The molecule has 0 aliphatic carbocycles. The van der Waals surface area contributed by atoms with Gasteiger partial charge in [0, 0.05) is 18.1 Å². The van der Waals surface area contributed by atoms with E-state index in [1.807, 2.05) is 19.2 Å². The van der Waals surface area contributed by atoms with Gasteiger partial charge in [0.1, 0.15) is 0 Å². The van der Waals surface area contributed by atoms with Crippen LogP contribution in [0.1, 0.15) is 23.5 Å². The van der Waals surface area contributed by atoms with Gasteiger partial charge in [-0.05, 0) is 42.8 Å². The van der Waals surface area contributed by atoms with E-state index in [1.54, 1.807) is 0 Å². The Bertz CT molecular complexity index is 609. The van der Waals surface area contributed by atoms with Gasteiger partial charge in [-0.1, -0.05) is 17.7 Å². The molecule has 0 saturated carbocycles. The van der Waals surface area contributed by atoms with E-state index in [4.69, 9.17) is 0 Å². The second-order valence-corrected chi connectivity index (χ2v) is 4.81. The first-order chi connectivity index (χ1) is 8.25. The molecule has 1 fully saturated rings. The van der Waals surface area contributed by atoms with Gasteiger partial charge < -0.3 is 10.3 Å². The van der Waals surface area contributed by atoms with Gasteiger partial charge in [0.15, 0.2) is 0 Å². The number of hydrogen-bond donors (Lipinski definition) is 2. The number of rotatable bonds is 1. The number of H-pyrrole nitrogens is 1. The Kier molecular flexibility index (Phi) is 2.48. The first-order valence-electron chi connectivity index (χ1n) is 6.08. The highest BCUT2D eigenvalue weighted by Crippen LogP contribution is 2.27. The van der Waals surface area contributed by atoms with E-state index in [0.29, 0.717) is 5.92 Å². The molecular weight excluding hydrogens is 212 g/mol. The summed E-state index contributed by atoms with van der Waals surface area (Å²) in [4.78, 5) is 14.7. The lowest BCUT2D eigenvalue weighted by Gasteiger charge is -2.12. The minimum absolute atomic E-state index is 0.0124. The first-order valence-corrected chi connectivity index (χ1v) is 6.08. The van der Waals surface area contributed by atoms with Crippen LogP contribution < -0.4 is 10.9 Å². The lowest BCUT2D eigenvalue weighted by molar-refractivity contribution is 0.765. The fourth-order valence-electron chi connectivity index (χ4n) is 2.65. The van der Waals surface area contributed by atoms with E-state index in [0.717, 1.165) is 35.8 Å². The molecule has 1 unspecified atom stereocenters. The van der Waals surface area contributed by atoms with Crippen LogP contribution in [0.2, 0.25) is 0 Å². The molecule has 2 N–H and O–H groups in total. The number of aryl methyl sites for hydroxylation is 1. The SMILES string of the molecule is Cc1ccc2c(C3CCNC3)c[nH]c(=O)c2c1. The normalized spacial score (nSPS) is 19.9. The van der Waals surface area contributed by atoms with Gasteiger partial charge >= 0.3 is 0 Å². The molecule has 1 aliphatic heterocycles. The van der Waals surface area contributed by atoms with Crippen LogP contribution in [0.3, 0.4) is 0 Å². The van der Waals surface area contributed by atoms with Gasteiger partial charge in [0.2, 0.25) is 0 Å². The highest BCUT2D eigenvalue weighted by atomic mass is 16.1. The van der Waals surface area contributed by atoms with Gasteiger partial charge in [0.05, 0.1) is 0 Å². The Morgan fingerprint density at radius 3 is 2.94 bits per heavy atom. The Balaban J connectivity index is 2.25. The van der Waals surface area contributed by atoms with Crippen molar-refractivity contribution in [1.82, 2.24) is 10.3 Å². The van der Waals surface area contributed by atoms with Crippen molar-refractivity contribution in [2.24, 2.45) is 0 Å². The molecule has 1 aromatic carbocycles. The second kappa shape index (κ2) is 4.00. The summed E-state index contributed by atoms with van der Waals surface area (Å²) in [5.41, 5.74) is 2.41. The summed E-state index contributed by atoms with van der Waals surface area (Å²) in [6.07, 6.45) is 3.03. The van der Waals surface area contributed by atoms with Crippen molar-refractivity contribution >= 4 is 10.8 Å². The minimum atomic E-state index is 0.0124. The topological polar surface area (TPSA) is 44.9 Å². The molecule has 2 heterocycles. The van der Waals surface area contributed by atoms with Gasteiger partial charge in [-0.25, -0.2) is 0 Å². The largest absolute Gasteiger partial charge is 0.328 e. The maximum Gasteiger partial charge on any atom is 0.255 e. The zero-order chi connectivity index (χ0) is 11.8. The van der Waals surface area contributed by atoms with Gasteiger partial charge in [0.25, 0.3) is 5.56 Å². The second-order valence-electron chi connectivity index (χ2n) is 4.81. The summed E-state index contributed by atoms with van der Waals surface area (Å²) in [5, 5.41) is 5.29. The van der Waals surface area contributed by atoms with Gasteiger partial charge in [-0.15, -0.1) is 0 Å². The van der Waals surface area contributed by atoms with Crippen LogP contribution in [0.4, 0.5) is 0 Å². The van der Waals surface area contributed by atoms with Crippen LogP contribution >= 0.6 is 0 Å². The molecule has 17 heavy (non-hydrogen) atoms. The Hall–Kier alpha value is -1.61. The Labute approximate surface area is 99.9 Å². The number of fused-ring (bicyclic) bond motifs is 1.